The zero-order chi connectivity index (χ0) is 14.5. The predicted molar refractivity (Wildman–Crippen MR) is 81.0 cm³/mol. The molecule has 0 saturated heterocycles. The average Bonchev–Trinajstić information content (AvgIpc) is 2.87. The quantitative estimate of drug-likeness (QED) is 0.919. The van der Waals surface area contributed by atoms with E-state index < -0.39 is 0 Å². The van der Waals surface area contributed by atoms with Gasteiger partial charge in [-0.3, -0.25) is 4.79 Å². The van der Waals surface area contributed by atoms with Crippen molar-refractivity contribution in [1.29, 1.82) is 0 Å². The largest absolute Gasteiger partial charge is 0.360 e. The van der Waals surface area contributed by atoms with Crippen molar-refractivity contribution in [3.05, 3.63) is 40.4 Å². The second-order valence-electron chi connectivity index (χ2n) is 4.59. The number of benzene rings is 1. The number of anilines is 1. The topological polar surface area (TPSA) is 58.1 Å². The maximum absolute atomic E-state index is 12.3. The number of amides is 1. The smallest absolute Gasteiger partial charge is 0.284 e. The van der Waals surface area contributed by atoms with Crippen LogP contribution in [0.3, 0.4) is 0 Å². The van der Waals surface area contributed by atoms with Crippen LogP contribution >= 0.6 is 11.3 Å². The number of carbonyl (C=O) groups is 1. The van der Waals surface area contributed by atoms with Gasteiger partial charge in [-0.1, -0.05) is 41.2 Å². The number of aryl methyl sites for hydroxylation is 1. The summed E-state index contributed by atoms with van der Waals surface area (Å²) in [6.45, 7) is 5.35. The molecule has 0 aliphatic heterocycles. The predicted octanol–water partition coefficient (Wildman–Crippen LogP) is 2.55. The highest BCUT2D eigenvalue weighted by molar-refractivity contribution is 7.17. The number of nitrogens with zero attached hydrogens (tertiary/aromatic N) is 3. The lowest BCUT2D eigenvalue weighted by Crippen LogP contribution is -2.26. The molecule has 0 fully saturated rings. The van der Waals surface area contributed by atoms with Gasteiger partial charge in [-0.15, -0.1) is 10.2 Å². The number of aromatic nitrogens is 2. The molecule has 2 rings (SSSR count). The fourth-order valence-electron chi connectivity index (χ4n) is 1.85. The van der Waals surface area contributed by atoms with Crippen LogP contribution in [0.25, 0.3) is 0 Å². The molecule has 5 nitrogen and oxygen atoms in total. The van der Waals surface area contributed by atoms with Crippen molar-refractivity contribution in [2.45, 2.75) is 20.4 Å². The maximum Gasteiger partial charge on any atom is 0.284 e. The third kappa shape index (κ3) is 3.54. The van der Waals surface area contributed by atoms with Crippen LogP contribution < -0.4 is 5.32 Å². The standard InChI is InChI=1S/C14H18N4OS/c1-4-15-14-17-16-12(20-14)13(19)18(3)9-11-7-5-6-10(2)8-11/h5-8H,4,9H2,1-3H3,(H,15,17). The normalized spacial score (nSPS) is 10.3. The third-order valence-corrected chi connectivity index (χ3v) is 3.65. The lowest BCUT2D eigenvalue weighted by atomic mass is 10.1. The molecule has 1 aromatic carbocycles. The van der Waals surface area contributed by atoms with E-state index in [9.17, 15) is 4.79 Å². The minimum absolute atomic E-state index is 0.104. The summed E-state index contributed by atoms with van der Waals surface area (Å²) >= 11 is 1.28. The molecule has 0 spiro atoms. The van der Waals surface area contributed by atoms with Crippen LogP contribution in [0.4, 0.5) is 5.13 Å². The molecule has 0 saturated carbocycles. The zero-order valence-electron chi connectivity index (χ0n) is 11.9. The minimum Gasteiger partial charge on any atom is -0.360 e. The van der Waals surface area contributed by atoms with Crippen LogP contribution in [0.15, 0.2) is 24.3 Å². The Balaban J connectivity index is 2.04. The van der Waals surface area contributed by atoms with Gasteiger partial charge in [0.25, 0.3) is 5.91 Å². The van der Waals surface area contributed by atoms with E-state index in [4.69, 9.17) is 0 Å². The maximum atomic E-state index is 12.3. The van der Waals surface area contributed by atoms with Crippen LogP contribution in [-0.2, 0) is 6.54 Å². The van der Waals surface area contributed by atoms with Crippen LogP contribution in [0.1, 0.15) is 27.9 Å². The molecule has 0 aliphatic rings. The van der Waals surface area contributed by atoms with Gasteiger partial charge in [0.05, 0.1) is 0 Å². The summed E-state index contributed by atoms with van der Waals surface area (Å²) in [4.78, 5) is 13.9. The van der Waals surface area contributed by atoms with E-state index in [1.165, 1.54) is 16.9 Å². The molecule has 1 aromatic heterocycles. The SMILES string of the molecule is CCNc1nnc(C(=O)N(C)Cc2cccc(C)c2)s1. The molecule has 1 heterocycles. The first-order valence-corrected chi connectivity index (χ1v) is 7.30. The van der Waals surface area contributed by atoms with E-state index in [0.29, 0.717) is 16.7 Å². The average molecular weight is 290 g/mol. The van der Waals surface area contributed by atoms with E-state index in [2.05, 4.69) is 21.6 Å². The van der Waals surface area contributed by atoms with Gasteiger partial charge in [0, 0.05) is 20.1 Å². The van der Waals surface area contributed by atoms with Gasteiger partial charge in [-0.25, -0.2) is 0 Å². The Kier molecular flexibility index (Phi) is 4.68. The summed E-state index contributed by atoms with van der Waals surface area (Å²) in [6, 6.07) is 8.13. The summed E-state index contributed by atoms with van der Waals surface area (Å²) in [5, 5.41) is 12.0. The highest BCUT2D eigenvalue weighted by Crippen LogP contribution is 2.17. The van der Waals surface area contributed by atoms with Gasteiger partial charge >= 0.3 is 0 Å². The molecule has 0 unspecified atom stereocenters. The molecule has 0 radical (unpaired) electrons. The van der Waals surface area contributed by atoms with Crippen LogP contribution in [-0.4, -0.2) is 34.6 Å². The van der Waals surface area contributed by atoms with Crippen molar-refractivity contribution in [3.8, 4) is 0 Å². The summed E-state index contributed by atoms with van der Waals surface area (Å²) in [7, 11) is 1.78. The van der Waals surface area contributed by atoms with E-state index in [-0.39, 0.29) is 5.91 Å². The molecular formula is C14H18N4OS. The lowest BCUT2D eigenvalue weighted by Gasteiger charge is -2.15. The van der Waals surface area contributed by atoms with Gasteiger partial charge in [-0.05, 0) is 19.4 Å². The Bertz CT molecular complexity index is 596. The number of hydrogen-bond donors (Lipinski definition) is 1. The van der Waals surface area contributed by atoms with E-state index >= 15 is 0 Å². The van der Waals surface area contributed by atoms with E-state index in [0.717, 1.165) is 12.1 Å². The van der Waals surface area contributed by atoms with Crippen LogP contribution in [0.5, 0.6) is 0 Å². The molecule has 0 aliphatic carbocycles. The van der Waals surface area contributed by atoms with Crippen LogP contribution in [0.2, 0.25) is 0 Å². The highest BCUT2D eigenvalue weighted by Gasteiger charge is 2.17. The number of hydrogen-bond acceptors (Lipinski definition) is 5. The third-order valence-electron chi connectivity index (χ3n) is 2.78. The highest BCUT2D eigenvalue weighted by atomic mass is 32.1. The first-order chi connectivity index (χ1) is 9.60. The molecule has 0 atom stereocenters. The minimum atomic E-state index is -0.104. The molecule has 2 aromatic rings. The first-order valence-electron chi connectivity index (χ1n) is 6.48. The molecule has 0 bridgehead atoms. The van der Waals surface area contributed by atoms with Gasteiger partial charge < -0.3 is 10.2 Å². The number of rotatable bonds is 5. The van der Waals surface area contributed by atoms with Crippen molar-refractivity contribution in [1.82, 2.24) is 15.1 Å². The Morgan fingerprint density at radius 1 is 1.40 bits per heavy atom. The summed E-state index contributed by atoms with van der Waals surface area (Å²) in [6.07, 6.45) is 0. The molecule has 1 amide bonds. The van der Waals surface area contributed by atoms with Gasteiger partial charge in [0.1, 0.15) is 0 Å². The number of nitrogens with one attached hydrogen (secondary N) is 1. The Morgan fingerprint density at radius 2 is 2.20 bits per heavy atom. The number of carbonyl (C=O) groups excluding carboxylic acids is 1. The first kappa shape index (κ1) is 14.5. The van der Waals surface area contributed by atoms with Crippen molar-refractivity contribution >= 4 is 22.4 Å². The van der Waals surface area contributed by atoms with Crippen molar-refractivity contribution in [2.24, 2.45) is 0 Å². The molecular weight excluding hydrogens is 272 g/mol. The summed E-state index contributed by atoms with van der Waals surface area (Å²) in [5.74, 6) is -0.104. The van der Waals surface area contributed by atoms with Crippen molar-refractivity contribution < 1.29 is 4.79 Å². The second kappa shape index (κ2) is 6.47. The van der Waals surface area contributed by atoms with Gasteiger partial charge in [-0.2, -0.15) is 0 Å². The summed E-state index contributed by atoms with van der Waals surface area (Å²) < 4.78 is 0. The van der Waals surface area contributed by atoms with E-state index in [1.54, 1.807) is 11.9 Å². The van der Waals surface area contributed by atoms with Crippen molar-refractivity contribution in [2.75, 3.05) is 18.9 Å². The zero-order valence-corrected chi connectivity index (χ0v) is 12.7. The van der Waals surface area contributed by atoms with Gasteiger partial charge in [0.15, 0.2) is 0 Å². The molecule has 1 N–H and O–H groups in total. The Hall–Kier alpha value is -1.95. The molecule has 20 heavy (non-hydrogen) atoms. The summed E-state index contributed by atoms with van der Waals surface area (Å²) in [5.41, 5.74) is 2.30. The van der Waals surface area contributed by atoms with Crippen molar-refractivity contribution in [3.63, 3.8) is 0 Å². The molecule has 6 heteroatoms. The fraction of sp³-hybridized carbons (Fsp3) is 0.357. The monoisotopic (exact) mass is 290 g/mol. The van der Waals surface area contributed by atoms with Crippen LogP contribution in [0, 0.1) is 6.92 Å². The fourth-order valence-corrected chi connectivity index (χ4v) is 2.66. The molecule has 106 valence electrons. The van der Waals surface area contributed by atoms with Gasteiger partial charge in [0.2, 0.25) is 10.1 Å². The Labute approximate surface area is 122 Å². The van der Waals surface area contributed by atoms with E-state index in [1.807, 2.05) is 32.0 Å². The Morgan fingerprint density at radius 3 is 2.90 bits per heavy atom. The second-order valence-corrected chi connectivity index (χ2v) is 5.57. The lowest BCUT2D eigenvalue weighted by molar-refractivity contribution is 0.0784.